The number of carbonyl (C=O) groups excluding carboxylic acids is 1. The smallest absolute Gasteiger partial charge is 0.320 e. The molecule has 0 atom stereocenters. The molecule has 33 heavy (non-hydrogen) atoms. The molecule has 3 aromatic rings. The molecule has 0 bridgehead atoms. The number of carboxylic acid groups (broad SMARTS) is 1. The Hall–Kier alpha value is -3.46. The van der Waals surface area contributed by atoms with Gasteiger partial charge >= 0.3 is 12.0 Å². The number of nitrogens with one attached hydrogen (secondary N) is 1. The molecule has 1 saturated carbocycles. The van der Waals surface area contributed by atoms with Gasteiger partial charge in [-0.2, -0.15) is 0 Å². The van der Waals surface area contributed by atoms with Gasteiger partial charge in [0.2, 0.25) is 11.7 Å². The summed E-state index contributed by atoms with van der Waals surface area (Å²) in [5.41, 5.74) is 2.16. The molecule has 2 N–H and O–H groups in total. The molecule has 2 heterocycles. The second-order valence-electron chi connectivity index (χ2n) is 8.04. The van der Waals surface area contributed by atoms with E-state index in [-0.39, 0.29) is 36.1 Å². The Morgan fingerprint density at radius 3 is 2.70 bits per heavy atom. The number of carbonyl (C=O) groups is 2. The maximum atomic E-state index is 12.6. The summed E-state index contributed by atoms with van der Waals surface area (Å²) < 4.78 is 11.4. The highest BCUT2D eigenvalue weighted by atomic mass is 35.5. The van der Waals surface area contributed by atoms with E-state index in [4.69, 9.17) is 25.9 Å². The minimum Gasteiger partial charge on any atom is -0.481 e. The number of nitrogens with zero attached hydrogens (tertiary/aromatic N) is 3. The van der Waals surface area contributed by atoms with Crippen LogP contribution < -0.4 is 10.1 Å². The van der Waals surface area contributed by atoms with E-state index in [1.165, 1.54) is 0 Å². The third kappa shape index (κ3) is 5.87. The molecule has 0 spiro atoms. The Bertz CT molecular complexity index is 1160. The number of aliphatic carboxylic acids is 1. The number of aromatic nitrogens is 3. The number of hydrogen-bond donors (Lipinski definition) is 2. The number of hydrogen-bond acceptors (Lipinski definition) is 8. The summed E-state index contributed by atoms with van der Waals surface area (Å²) in [5.74, 6) is -0.976. The van der Waals surface area contributed by atoms with Gasteiger partial charge in [0.25, 0.3) is 5.89 Å². The normalized spacial score (nSPS) is 18.0. The van der Waals surface area contributed by atoms with Crippen LogP contribution in [0.2, 0.25) is 5.02 Å². The van der Waals surface area contributed by atoms with Crippen LogP contribution in [-0.2, 0) is 11.2 Å². The van der Waals surface area contributed by atoms with E-state index in [1.807, 2.05) is 13.0 Å². The van der Waals surface area contributed by atoms with Gasteiger partial charge in [0.15, 0.2) is 0 Å². The number of Topliss-reactive ketones (excluding diaryl/α,β-unsaturated/α-hetero) is 1. The number of ketones is 1. The van der Waals surface area contributed by atoms with E-state index in [9.17, 15) is 9.59 Å². The van der Waals surface area contributed by atoms with Crippen molar-refractivity contribution in [3.63, 3.8) is 0 Å². The van der Waals surface area contributed by atoms with Crippen LogP contribution in [0, 0.1) is 12.8 Å². The fraction of sp³-hybridized carbons (Fsp3) is 0.348. The Morgan fingerprint density at radius 2 is 2.00 bits per heavy atom. The Balaban J connectivity index is 1.34. The molecule has 4 rings (SSSR count). The predicted octanol–water partition coefficient (Wildman–Crippen LogP) is 4.62. The molecule has 0 aliphatic heterocycles. The van der Waals surface area contributed by atoms with E-state index in [0.29, 0.717) is 47.8 Å². The molecule has 2 aromatic heterocycles. The second-order valence-corrected chi connectivity index (χ2v) is 8.48. The lowest BCUT2D eigenvalue weighted by molar-refractivity contribution is -0.143. The van der Waals surface area contributed by atoms with Gasteiger partial charge in [-0.05, 0) is 62.4 Å². The lowest BCUT2D eigenvalue weighted by Crippen LogP contribution is -2.28. The average molecular weight is 471 g/mol. The average Bonchev–Trinajstić information content (AvgIpc) is 3.25. The summed E-state index contributed by atoms with van der Waals surface area (Å²) in [5, 5.41) is 20.3. The molecule has 172 valence electrons. The molecule has 1 aliphatic carbocycles. The quantitative estimate of drug-likeness (QED) is 0.453. The Morgan fingerprint density at radius 1 is 1.21 bits per heavy atom. The van der Waals surface area contributed by atoms with Crippen LogP contribution in [0.15, 0.2) is 40.9 Å². The van der Waals surface area contributed by atoms with Crippen molar-refractivity contribution in [3.8, 4) is 5.88 Å². The van der Waals surface area contributed by atoms with Crippen LogP contribution in [0.1, 0.15) is 47.5 Å². The zero-order chi connectivity index (χ0) is 23.4. The van der Waals surface area contributed by atoms with Gasteiger partial charge in [-0.15, -0.1) is 5.10 Å². The molecule has 1 aliphatic rings. The molecular weight excluding hydrogens is 448 g/mol. The Labute approximate surface area is 195 Å². The number of carboxylic acids is 1. The lowest BCUT2D eigenvalue weighted by atomic mass is 9.87. The summed E-state index contributed by atoms with van der Waals surface area (Å²) in [4.78, 5) is 28.0. The van der Waals surface area contributed by atoms with Crippen LogP contribution in [0.25, 0.3) is 0 Å². The largest absolute Gasteiger partial charge is 0.481 e. The van der Waals surface area contributed by atoms with Crippen molar-refractivity contribution in [2.75, 3.05) is 5.32 Å². The number of rotatable bonds is 8. The van der Waals surface area contributed by atoms with Gasteiger partial charge in [0.05, 0.1) is 5.92 Å². The van der Waals surface area contributed by atoms with E-state index in [2.05, 4.69) is 20.5 Å². The zero-order valence-corrected chi connectivity index (χ0v) is 18.7. The van der Waals surface area contributed by atoms with Gasteiger partial charge < -0.3 is 19.6 Å². The standard InChI is InChI=1S/C23H23ClN4O5/c1-13-9-14(12-25-20(13)32-18-7-5-15(6-8-18)22(30)31)10-19(29)21-27-28-23(33-21)26-17-4-2-3-16(24)11-17/h2-4,9,11-12,15,18H,5-8,10H2,1H3,(H,26,28)(H,30,31). The molecule has 1 fully saturated rings. The van der Waals surface area contributed by atoms with Crippen LogP contribution in [0.5, 0.6) is 5.88 Å². The maximum Gasteiger partial charge on any atom is 0.320 e. The van der Waals surface area contributed by atoms with Crippen LogP contribution in [0.3, 0.4) is 0 Å². The van der Waals surface area contributed by atoms with E-state index in [0.717, 1.165) is 5.56 Å². The van der Waals surface area contributed by atoms with E-state index in [1.54, 1.807) is 30.5 Å². The first kappa shape index (κ1) is 22.7. The number of ether oxygens (including phenoxy) is 1. The molecule has 9 nitrogen and oxygen atoms in total. The van der Waals surface area contributed by atoms with Crippen LogP contribution in [-0.4, -0.2) is 38.1 Å². The van der Waals surface area contributed by atoms with Crippen LogP contribution >= 0.6 is 11.6 Å². The highest BCUT2D eigenvalue weighted by Gasteiger charge is 2.27. The van der Waals surface area contributed by atoms with Gasteiger partial charge in [0, 0.05) is 28.9 Å². The van der Waals surface area contributed by atoms with Crippen molar-refractivity contribution >= 4 is 35.1 Å². The number of pyridine rings is 1. The molecule has 1 aromatic carbocycles. The van der Waals surface area contributed by atoms with Crippen molar-refractivity contribution in [2.45, 2.75) is 45.1 Å². The highest BCUT2D eigenvalue weighted by molar-refractivity contribution is 6.30. The van der Waals surface area contributed by atoms with Crippen molar-refractivity contribution in [1.29, 1.82) is 0 Å². The first-order valence-electron chi connectivity index (χ1n) is 10.6. The number of anilines is 2. The minimum atomic E-state index is -0.745. The van der Waals surface area contributed by atoms with Crippen molar-refractivity contribution in [1.82, 2.24) is 15.2 Å². The number of benzene rings is 1. The molecule has 0 amide bonds. The van der Waals surface area contributed by atoms with E-state index >= 15 is 0 Å². The first-order valence-corrected chi connectivity index (χ1v) is 11.0. The van der Waals surface area contributed by atoms with Gasteiger partial charge in [-0.1, -0.05) is 22.8 Å². The fourth-order valence-corrected chi connectivity index (χ4v) is 3.95. The molecular formula is C23H23ClN4O5. The summed E-state index contributed by atoms with van der Waals surface area (Å²) >= 11 is 5.96. The third-order valence-electron chi connectivity index (χ3n) is 5.49. The Kier molecular flexibility index (Phi) is 6.88. The molecule has 0 radical (unpaired) electrons. The lowest BCUT2D eigenvalue weighted by Gasteiger charge is -2.26. The van der Waals surface area contributed by atoms with Crippen LogP contribution in [0.4, 0.5) is 11.7 Å². The monoisotopic (exact) mass is 470 g/mol. The summed E-state index contributed by atoms with van der Waals surface area (Å²) in [6.45, 7) is 1.86. The topological polar surface area (TPSA) is 127 Å². The fourth-order valence-electron chi connectivity index (χ4n) is 3.76. The summed E-state index contributed by atoms with van der Waals surface area (Å²) in [7, 11) is 0. The maximum absolute atomic E-state index is 12.6. The predicted molar refractivity (Wildman–Crippen MR) is 120 cm³/mol. The summed E-state index contributed by atoms with van der Waals surface area (Å²) in [6.07, 6.45) is 4.15. The van der Waals surface area contributed by atoms with Gasteiger partial charge in [0.1, 0.15) is 6.10 Å². The van der Waals surface area contributed by atoms with Gasteiger partial charge in [-0.25, -0.2) is 4.98 Å². The zero-order valence-electron chi connectivity index (χ0n) is 18.0. The molecule has 10 heteroatoms. The summed E-state index contributed by atoms with van der Waals surface area (Å²) in [6, 6.07) is 8.93. The van der Waals surface area contributed by atoms with Crippen molar-refractivity contribution in [2.24, 2.45) is 5.92 Å². The van der Waals surface area contributed by atoms with Gasteiger partial charge in [-0.3, -0.25) is 9.59 Å². The highest BCUT2D eigenvalue weighted by Crippen LogP contribution is 2.28. The molecule has 0 saturated heterocycles. The third-order valence-corrected chi connectivity index (χ3v) is 5.73. The van der Waals surface area contributed by atoms with E-state index < -0.39 is 5.97 Å². The first-order chi connectivity index (χ1) is 15.9. The minimum absolute atomic E-state index is 0.0522. The number of aryl methyl sites for hydroxylation is 1. The number of halogens is 1. The second kappa shape index (κ2) is 9.99. The van der Waals surface area contributed by atoms with Crippen molar-refractivity contribution < 1.29 is 23.8 Å². The van der Waals surface area contributed by atoms with Crippen molar-refractivity contribution in [3.05, 3.63) is 58.6 Å². The molecule has 0 unspecified atom stereocenters. The SMILES string of the molecule is Cc1cc(CC(=O)c2nnc(Nc3cccc(Cl)c3)o2)cnc1OC1CCC(C(=O)O)CC1.